The monoisotopic (exact) mass is 261 g/mol. The third kappa shape index (κ3) is 2.79. The Kier molecular flexibility index (Phi) is 3.61. The maximum absolute atomic E-state index is 13.6. The number of para-hydroxylation sites is 2. The fourth-order valence-electron chi connectivity index (χ4n) is 1.72. The zero-order chi connectivity index (χ0) is 13.8. The molecule has 0 aliphatic heterocycles. The zero-order valence-corrected chi connectivity index (χ0v) is 9.97. The van der Waals surface area contributed by atoms with Crippen LogP contribution < -0.4 is 11.1 Å². The van der Waals surface area contributed by atoms with Crippen molar-refractivity contribution in [2.45, 2.75) is 6.54 Å². The number of benzene rings is 2. The second-order valence-electron chi connectivity index (χ2n) is 3.94. The maximum Gasteiger partial charge on any atom is 0.295 e. The molecule has 0 aromatic heterocycles. The van der Waals surface area contributed by atoms with Gasteiger partial charge in [0.05, 0.1) is 4.92 Å². The lowest BCUT2D eigenvalue weighted by atomic mass is 10.1. The highest BCUT2D eigenvalue weighted by Crippen LogP contribution is 2.27. The van der Waals surface area contributed by atoms with Gasteiger partial charge in [-0.25, -0.2) is 4.39 Å². The standard InChI is InChI=1S/C13H12FN3O2/c14-10-5-3-7-12(17(18)19)13(10)16-8-9-4-1-2-6-11(9)15/h1-7,16H,8,15H2. The Morgan fingerprint density at radius 3 is 2.63 bits per heavy atom. The average molecular weight is 261 g/mol. The molecule has 2 rings (SSSR count). The number of nitro benzene ring substituents is 1. The number of nitrogens with zero attached hydrogens (tertiary/aromatic N) is 1. The van der Waals surface area contributed by atoms with Crippen LogP contribution in [0.4, 0.5) is 21.5 Å². The van der Waals surface area contributed by atoms with Crippen molar-refractivity contribution in [2.24, 2.45) is 0 Å². The number of hydrogen-bond acceptors (Lipinski definition) is 4. The number of halogens is 1. The third-order valence-corrected chi connectivity index (χ3v) is 2.70. The van der Waals surface area contributed by atoms with Gasteiger partial charge < -0.3 is 11.1 Å². The van der Waals surface area contributed by atoms with Crippen molar-refractivity contribution in [3.8, 4) is 0 Å². The third-order valence-electron chi connectivity index (χ3n) is 2.70. The molecule has 5 nitrogen and oxygen atoms in total. The molecule has 2 aromatic carbocycles. The molecular formula is C13H12FN3O2. The minimum atomic E-state index is -0.663. The predicted octanol–water partition coefficient (Wildman–Crippen LogP) is 2.93. The minimum Gasteiger partial charge on any atom is -0.398 e. The quantitative estimate of drug-likeness (QED) is 0.503. The lowest BCUT2D eigenvalue weighted by Crippen LogP contribution is -2.06. The lowest BCUT2D eigenvalue weighted by Gasteiger charge is -2.09. The molecule has 0 amide bonds. The summed E-state index contributed by atoms with van der Waals surface area (Å²) >= 11 is 0. The van der Waals surface area contributed by atoms with E-state index in [0.717, 1.165) is 5.56 Å². The molecule has 0 bridgehead atoms. The number of anilines is 2. The Bertz CT molecular complexity index is 617. The van der Waals surface area contributed by atoms with Crippen LogP contribution in [-0.4, -0.2) is 4.92 Å². The largest absolute Gasteiger partial charge is 0.398 e. The van der Waals surface area contributed by atoms with E-state index < -0.39 is 10.7 Å². The summed E-state index contributed by atoms with van der Waals surface area (Å²) in [6, 6.07) is 10.8. The molecule has 19 heavy (non-hydrogen) atoms. The summed E-state index contributed by atoms with van der Waals surface area (Å²) < 4.78 is 13.6. The van der Waals surface area contributed by atoms with Crippen LogP contribution in [-0.2, 0) is 6.54 Å². The van der Waals surface area contributed by atoms with Gasteiger partial charge in [0, 0.05) is 18.3 Å². The van der Waals surface area contributed by atoms with Crippen LogP contribution in [0, 0.1) is 15.9 Å². The molecule has 2 aromatic rings. The van der Waals surface area contributed by atoms with Gasteiger partial charge in [0.25, 0.3) is 5.69 Å². The summed E-state index contributed by atoms with van der Waals surface area (Å²) in [4.78, 5) is 10.2. The Morgan fingerprint density at radius 1 is 1.21 bits per heavy atom. The van der Waals surface area contributed by atoms with E-state index in [2.05, 4.69) is 5.32 Å². The highest BCUT2D eigenvalue weighted by molar-refractivity contribution is 5.63. The minimum absolute atomic E-state index is 0.129. The van der Waals surface area contributed by atoms with Crippen LogP contribution in [0.2, 0.25) is 0 Å². The molecule has 0 aliphatic carbocycles. The van der Waals surface area contributed by atoms with Gasteiger partial charge in [0.2, 0.25) is 0 Å². The van der Waals surface area contributed by atoms with Gasteiger partial charge in [-0.1, -0.05) is 24.3 Å². The van der Waals surface area contributed by atoms with E-state index in [-0.39, 0.29) is 17.9 Å². The van der Waals surface area contributed by atoms with E-state index in [4.69, 9.17) is 5.73 Å². The molecule has 0 saturated heterocycles. The number of nitrogens with two attached hydrogens (primary N) is 1. The Hall–Kier alpha value is -2.63. The van der Waals surface area contributed by atoms with Gasteiger partial charge >= 0.3 is 0 Å². The number of nitro groups is 1. The summed E-state index contributed by atoms with van der Waals surface area (Å²) in [5.41, 5.74) is 6.63. The molecule has 98 valence electrons. The molecular weight excluding hydrogens is 249 g/mol. The van der Waals surface area contributed by atoms with E-state index in [1.807, 2.05) is 0 Å². The van der Waals surface area contributed by atoms with Crippen LogP contribution in [0.1, 0.15) is 5.56 Å². The van der Waals surface area contributed by atoms with E-state index in [9.17, 15) is 14.5 Å². The van der Waals surface area contributed by atoms with Crippen molar-refractivity contribution < 1.29 is 9.31 Å². The van der Waals surface area contributed by atoms with E-state index in [1.165, 1.54) is 18.2 Å². The van der Waals surface area contributed by atoms with Gasteiger partial charge in [-0.2, -0.15) is 0 Å². The fourth-order valence-corrected chi connectivity index (χ4v) is 1.72. The predicted molar refractivity (Wildman–Crippen MR) is 71.2 cm³/mol. The molecule has 0 unspecified atom stereocenters. The molecule has 0 fully saturated rings. The van der Waals surface area contributed by atoms with Gasteiger partial charge in [-0.05, 0) is 17.7 Å². The highest BCUT2D eigenvalue weighted by atomic mass is 19.1. The molecule has 0 aliphatic rings. The van der Waals surface area contributed by atoms with E-state index >= 15 is 0 Å². The van der Waals surface area contributed by atoms with Crippen molar-refractivity contribution in [2.75, 3.05) is 11.1 Å². The highest BCUT2D eigenvalue weighted by Gasteiger charge is 2.17. The summed E-state index contributed by atoms with van der Waals surface area (Å²) in [7, 11) is 0. The summed E-state index contributed by atoms with van der Waals surface area (Å²) in [6.07, 6.45) is 0. The van der Waals surface area contributed by atoms with Crippen LogP contribution in [0.3, 0.4) is 0 Å². The first-order valence-electron chi connectivity index (χ1n) is 5.59. The molecule has 6 heteroatoms. The van der Waals surface area contributed by atoms with Crippen LogP contribution >= 0.6 is 0 Å². The van der Waals surface area contributed by atoms with E-state index in [0.29, 0.717) is 5.69 Å². The Morgan fingerprint density at radius 2 is 1.95 bits per heavy atom. The van der Waals surface area contributed by atoms with Crippen LogP contribution in [0.15, 0.2) is 42.5 Å². The topological polar surface area (TPSA) is 81.2 Å². The van der Waals surface area contributed by atoms with Crippen molar-refractivity contribution >= 4 is 17.1 Å². The lowest BCUT2D eigenvalue weighted by molar-refractivity contribution is -0.384. The number of nitrogens with one attached hydrogen (secondary N) is 1. The molecule has 0 radical (unpaired) electrons. The smallest absolute Gasteiger partial charge is 0.295 e. The summed E-state index contributed by atoms with van der Waals surface area (Å²) in [6.45, 7) is 0.217. The summed E-state index contributed by atoms with van der Waals surface area (Å²) in [5, 5.41) is 13.5. The van der Waals surface area contributed by atoms with Crippen LogP contribution in [0.5, 0.6) is 0 Å². The first-order chi connectivity index (χ1) is 9.09. The molecule has 0 atom stereocenters. The van der Waals surface area contributed by atoms with E-state index in [1.54, 1.807) is 24.3 Å². The average Bonchev–Trinajstić information content (AvgIpc) is 2.38. The molecule has 0 saturated carbocycles. The summed E-state index contributed by atoms with van der Waals surface area (Å²) in [5.74, 6) is -0.663. The second kappa shape index (κ2) is 5.34. The fraction of sp³-hybridized carbons (Fsp3) is 0.0769. The molecule has 0 spiro atoms. The molecule has 3 N–H and O–H groups in total. The van der Waals surface area contributed by atoms with Crippen molar-refractivity contribution in [3.05, 3.63) is 64.0 Å². The first-order valence-corrected chi connectivity index (χ1v) is 5.59. The SMILES string of the molecule is Nc1ccccc1CNc1c(F)cccc1[N+](=O)[O-]. The van der Waals surface area contributed by atoms with Crippen LogP contribution in [0.25, 0.3) is 0 Å². The maximum atomic E-state index is 13.6. The number of rotatable bonds is 4. The normalized spacial score (nSPS) is 10.2. The second-order valence-corrected chi connectivity index (χ2v) is 3.94. The first kappa shape index (κ1) is 12.8. The molecule has 0 heterocycles. The number of nitrogen functional groups attached to an aromatic ring is 1. The van der Waals surface area contributed by atoms with Crippen molar-refractivity contribution in [3.63, 3.8) is 0 Å². The van der Waals surface area contributed by atoms with Gasteiger partial charge in [-0.3, -0.25) is 10.1 Å². The number of hydrogen-bond donors (Lipinski definition) is 2. The Labute approximate surface area is 109 Å². The zero-order valence-electron chi connectivity index (χ0n) is 9.97. The van der Waals surface area contributed by atoms with Gasteiger partial charge in [0.1, 0.15) is 5.69 Å². The van der Waals surface area contributed by atoms with Gasteiger partial charge in [0.15, 0.2) is 5.82 Å². The van der Waals surface area contributed by atoms with Crippen molar-refractivity contribution in [1.82, 2.24) is 0 Å². The van der Waals surface area contributed by atoms with Gasteiger partial charge in [-0.15, -0.1) is 0 Å². The van der Waals surface area contributed by atoms with Crippen molar-refractivity contribution in [1.29, 1.82) is 0 Å². The Balaban J connectivity index is 2.25.